The number of hydrogen-bond donors (Lipinski definition) is 2. The van der Waals surface area contributed by atoms with E-state index in [1.807, 2.05) is 0 Å². The summed E-state index contributed by atoms with van der Waals surface area (Å²) in [5.41, 5.74) is 6.80. The van der Waals surface area contributed by atoms with E-state index in [1.165, 1.54) is 7.11 Å². The second-order valence-electron chi connectivity index (χ2n) is 3.31. The Morgan fingerprint density at radius 2 is 2.33 bits per heavy atom. The summed E-state index contributed by atoms with van der Waals surface area (Å²) < 4.78 is 6.32. The molecule has 0 radical (unpaired) electrons. The predicted octanol–water partition coefficient (Wildman–Crippen LogP) is -0.154. The highest BCUT2D eigenvalue weighted by atomic mass is 16.5. The van der Waals surface area contributed by atoms with Gasteiger partial charge >= 0.3 is 5.97 Å². The number of ether oxygens (including phenoxy) is 1. The Kier molecular flexibility index (Phi) is 3.88. The lowest BCUT2D eigenvalue weighted by Crippen LogP contribution is -2.20. The topological polar surface area (TPSA) is 77.5 Å². The number of nitrogens with two attached hydrogens (primary N) is 1. The lowest BCUT2D eigenvalue weighted by Gasteiger charge is -2.13. The van der Waals surface area contributed by atoms with Gasteiger partial charge in [-0.05, 0) is 12.1 Å². The third-order valence-corrected chi connectivity index (χ3v) is 2.48. The molecule has 0 aromatic carbocycles. The van der Waals surface area contributed by atoms with Crippen molar-refractivity contribution in [1.29, 1.82) is 0 Å². The molecule has 5 heteroatoms. The summed E-state index contributed by atoms with van der Waals surface area (Å²) in [5.74, 6) is -0.536. The highest BCUT2D eigenvalue weighted by Gasteiger charge is 2.17. The number of nitrogens with zero attached hydrogens (tertiary/aromatic N) is 1. The van der Waals surface area contributed by atoms with Gasteiger partial charge in [0.2, 0.25) is 0 Å². The van der Waals surface area contributed by atoms with Crippen molar-refractivity contribution in [2.45, 2.75) is 5.92 Å². The van der Waals surface area contributed by atoms with Crippen LogP contribution in [0.5, 0.6) is 0 Å². The number of esters is 1. The molecule has 0 saturated carbocycles. The number of carbonyl (C=O) groups is 1. The van der Waals surface area contributed by atoms with E-state index in [-0.39, 0.29) is 12.5 Å². The number of rotatable bonds is 4. The summed E-state index contributed by atoms with van der Waals surface area (Å²) in [6.45, 7) is 0.309. The van der Waals surface area contributed by atoms with Gasteiger partial charge in [-0.25, -0.2) is 4.79 Å². The summed E-state index contributed by atoms with van der Waals surface area (Å²) in [4.78, 5) is 11.3. The van der Waals surface area contributed by atoms with E-state index in [0.717, 1.165) is 5.69 Å². The smallest absolute Gasteiger partial charge is 0.354 e. The number of hydrogen-bond acceptors (Lipinski definition) is 4. The highest BCUT2D eigenvalue weighted by Crippen LogP contribution is 2.17. The fourth-order valence-electron chi connectivity index (χ4n) is 1.54. The largest absolute Gasteiger partial charge is 0.464 e. The molecular weight excluding hydrogens is 196 g/mol. The Morgan fingerprint density at radius 3 is 2.80 bits per heavy atom. The maximum atomic E-state index is 11.3. The predicted molar refractivity (Wildman–Crippen MR) is 55.6 cm³/mol. The van der Waals surface area contributed by atoms with Crippen molar-refractivity contribution in [3.8, 4) is 0 Å². The molecule has 0 bridgehead atoms. The van der Waals surface area contributed by atoms with Crippen molar-refractivity contribution < 1.29 is 14.6 Å². The van der Waals surface area contributed by atoms with Crippen LogP contribution in [0.2, 0.25) is 0 Å². The van der Waals surface area contributed by atoms with Gasteiger partial charge in [0.1, 0.15) is 5.69 Å². The summed E-state index contributed by atoms with van der Waals surface area (Å²) in [7, 11) is 3.08. The summed E-state index contributed by atoms with van der Waals surface area (Å²) in [5, 5.41) is 9.10. The monoisotopic (exact) mass is 212 g/mol. The van der Waals surface area contributed by atoms with E-state index in [1.54, 1.807) is 23.7 Å². The van der Waals surface area contributed by atoms with Crippen molar-refractivity contribution in [2.24, 2.45) is 12.8 Å². The molecule has 15 heavy (non-hydrogen) atoms. The Hall–Kier alpha value is -1.33. The molecule has 5 nitrogen and oxygen atoms in total. The maximum absolute atomic E-state index is 11.3. The van der Waals surface area contributed by atoms with Gasteiger partial charge in [-0.15, -0.1) is 0 Å². The van der Waals surface area contributed by atoms with E-state index in [2.05, 4.69) is 4.74 Å². The highest BCUT2D eigenvalue weighted by molar-refractivity contribution is 5.87. The fraction of sp³-hybridized carbons (Fsp3) is 0.500. The van der Waals surface area contributed by atoms with Crippen LogP contribution in [0.25, 0.3) is 0 Å². The summed E-state index contributed by atoms with van der Waals surface area (Å²) in [6.07, 6.45) is 0. The van der Waals surface area contributed by atoms with Gasteiger partial charge in [0, 0.05) is 25.2 Å². The SMILES string of the molecule is COC(=O)c1ccc(C(CN)CO)n1C. The van der Waals surface area contributed by atoms with Gasteiger partial charge in [0.25, 0.3) is 0 Å². The Labute approximate surface area is 88.4 Å². The van der Waals surface area contributed by atoms with Gasteiger partial charge in [-0.3, -0.25) is 0 Å². The van der Waals surface area contributed by atoms with E-state index in [4.69, 9.17) is 10.8 Å². The van der Waals surface area contributed by atoms with Crippen LogP contribution in [0.3, 0.4) is 0 Å². The van der Waals surface area contributed by atoms with E-state index < -0.39 is 5.97 Å². The van der Waals surface area contributed by atoms with Crippen molar-refractivity contribution in [3.05, 3.63) is 23.5 Å². The molecule has 1 heterocycles. The minimum atomic E-state index is -0.391. The molecule has 1 aromatic rings. The van der Waals surface area contributed by atoms with E-state index in [0.29, 0.717) is 12.2 Å². The number of aliphatic hydroxyl groups is 1. The van der Waals surface area contributed by atoms with Crippen LogP contribution in [-0.4, -0.2) is 35.9 Å². The molecule has 0 aliphatic rings. The minimum absolute atomic E-state index is 0.0328. The summed E-state index contributed by atoms with van der Waals surface area (Å²) in [6, 6.07) is 3.44. The van der Waals surface area contributed by atoms with Crippen LogP contribution < -0.4 is 5.73 Å². The second-order valence-corrected chi connectivity index (χ2v) is 3.31. The molecule has 0 aliphatic heterocycles. The Bertz CT molecular complexity index is 342. The van der Waals surface area contributed by atoms with E-state index in [9.17, 15) is 4.79 Å². The fourth-order valence-corrected chi connectivity index (χ4v) is 1.54. The first-order valence-electron chi connectivity index (χ1n) is 4.70. The number of carbonyl (C=O) groups excluding carboxylic acids is 1. The zero-order chi connectivity index (χ0) is 11.4. The number of aromatic nitrogens is 1. The van der Waals surface area contributed by atoms with Gasteiger partial charge in [-0.2, -0.15) is 0 Å². The maximum Gasteiger partial charge on any atom is 0.354 e. The van der Waals surface area contributed by atoms with Crippen LogP contribution >= 0.6 is 0 Å². The average molecular weight is 212 g/mol. The molecule has 0 amide bonds. The lowest BCUT2D eigenvalue weighted by atomic mass is 10.1. The zero-order valence-electron chi connectivity index (χ0n) is 8.93. The Morgan fingerprint density at radius 1 is 1.67 bits per heavy atom. The normalized spacial score (nSPS) is 12.5. The van der Waals surface area contributed by atoms with Crippen LogP contribution in [0, 0.1) is 0 Å². The van der Waals surface area contributed by atoms with E-state index >= 15 is 0 Å². The first kappa shape index (κ1) is 11.7. The standard InChI is InChI=1S/C10H16N2O3/c1-12-8(7(5-11)6-13)3-4-9(12)10(14)15-2/h3-4,7,13H,5-6,11H2,1-2H3. The number of aliphatic hydroxyl groups excluding tert-OH is 1. The molecule has 1 rings (SSSR count). The van der Waals surface area contributed by atoms with Crippen LogP contribution in [0.1, 0.15) is 22.1 Å². The van der Waals surface area contributed by atoms with Crippen LogP contribution in [0.4, 0.5) is 0 Å². The molecule has 84 valence electrons. The quantitative estimate of drug-likeness (QED) is 0.680. The first-order valence-corrected chi connectivity index (χ1v) is 4.70. The molecule has 1 aromatic heterocycles. The van der Waals surface area contributed by atoms with Crippen LogP contribution in [0.15, 0.2) is 12.1 Å². The third-order valence-electron chi connectivity index (χ3n) is 2.48. The van der Waals surface area contributed by atoms with Crippen LogP contribution in [-0.2, 0) is 11.8 Å². The summed E-state index contributed by atoms with van der Waals surface area (Å²) >= 11 is 0. The Balaban J connectivity index is 3.02. The van der Waals surface area contributed by atoms with Gasteiger partial charge in [-0.1, -0.05) is 0 Å². The first-order chi connectivity index (χ1) is 7.15. The molecular formula is C10H16N2O3. The average Bonchev–Trinajstić information content (AvgIpc) is 2.62. The molecule has 1 atom stereocenters. The lowest BCUT2D eigenvalue weighted by molar-refractivity contribution is 0.0589. The van der Waals surface area contributed by atoms with Crippen molar-refractivity contribution in [3.63, 3.8) is 0 Å². The minimum Gasteiger partial charge on any atom is -0.464 e. The molecule has 0 spiro atoms. The molecule has 0 saturated heterocycles. The van der Waals surface area contributed by atoms with Crippen molar-refractivity contribution >= 4 is 5.97 Å². The zero-order valence-corrected chi connectivity index (χ0v) is 8.93. The molecule has 0 fully saturated rings. The third kappa shape index (κ3) is 2.19. The van der Waals surface area contributed by atoms with Gasteiger partial charge in [0.05, 0.1) is 13.7 Å². The molecule has 0 aliphatic carbocycles. The van der Waals surface area contributed by atoms with Gasteiger partial charge in [0.15, 0.2) is 0 Å². The molecule has 3 N–H and O–H groups in total. The molecule has 1 unspecified atom stereocenters. The van der Waals surface area contributed by atoms with Crippen molar-refractivity contribution in [2.75, 3.05) is 20.3 Å². The van der Waals surface area contributed by atoms with Crippen molar-refractivity contribution in [1.82, 2.24) is 4.57 Å². The number of methoxy groups -OCH3 is 1. The second kappa shape index (κ2) is 4.95. The van der Waals surface area contributed by atoms with Gasteiger partial charge < -0.3 is 20.1 Å².